The van der Waals surface area contributed by atoms with E-state index in [-0.39, 0.29) is 22.6 Å². The van der Waals surface area contributed by atoms with Crippen LogP contribution in [0.25, 0.3) is 0 Å². The summed E-state index contributed by atoms with van der Waals surface area (Å²) in [6.07, 6.45) is -7.11. The molecule has 0 N–H and O–H groups in total. The zero-order valence-electron chi connectivity index (χ0n) is 21.3. The first-order chi connectivity index (χ1) is 16.2. The van der Waals surface area contributed by atoms with Gasteiger partial charge < -0.3 is 9.47 Å². The van der Waals surface area contributed by atoms with Crippen LogP contribution in [0.3, 0.4) is 0 Å². The number of alkyl halides is 4. The van der Waals surface area contributed by atoms with Crippen molar-refractivity contribution in [2.45, 2.75) is 67.6 Å². The van der Waals surface area contributed by atoms with E-state index in [4.69, 9.17) is 9.47 Å². The van der Waals surface area contributed by atoms with Gasteiger partial charge in [-0.05, 0) is 62.4 Å². The Bertz CT molecular complexity index is 842. The Morgan fingerprint density at radius 3 is 0.912 bits per heavy atom. The van der Waals surface area contributed by atoms with Crippen molar-refractivity contribution in [1.82, 2.24) is 0 Å². The summed E-state index contributed by atoms with van der Waals surface area (Å²) in [6.45, 7) is 15.6. The molecule has 3 aromatic carbocycles. The molecule has 0 bridgehead atoms. The first kappa shape index (κ1) is 31.0. The van der Waals surface area contributed by atoms with E-state index < -0.39 is 12.2 Å². The van der Waals surface area contributed by atoms with E-state index in [1.165, 1.54) is 24.3 Å². The number of rotatable bonds is 6. The lowest BCUT2D eigenvalue weighted by Gasteiger charge is -2.20. The quantitative estimate of drug-likeness (QED) is 0.327. The van der Waals surface area contributed by atoms with Crippen molar-refractivity contribution in [2.24, 2.45) is 0 Å². The molecule has 0 aliphatic carbocycles. The van der Waals surface area contributed by atoms with Crippen LogP contribution in [-0.4, -0.2) is 0 Å². The second kappa shape index (κ2) is 15.0. The van der Waals surface area contributed by atoms with E-state index in [2.05, 4.69) is 0 Å². The summed E-state index contributed by atoms with van der Waals surface area (Å²) in [5.41, 5.74) is 1.08. The number of aryl methyl sites for hydroxylation is 2. The van der Waals surface area contributed by atoms with Crippen LogP contribution in [-0.2, 0) is 12.2 Å². The van der Waals surface area contributed by atoms with Gasteiger partial charge in [0.2, 0.25) is 0 Å². The van der Waals surface area contributed by atoms with E-state index in [0.717, 1.165) is 35.4 Å². The third-order valence-electron chi connectivity index (χ3n) is 4.09. The Hall–Kier alpha value is -3.02. The van der Waals surface area contributed by atoms with Crippen molar-refractivity contribution < 1.29 is 27.0 Å². The van der Waals surface area contributed by atoms with Crippen LogP contribution in [0.4, 0.5) is 17.6 Å². The van der Waals surface area contributed by atoms with Gasteiger partial charge in [0.15, 0.2) is 0 Å². The molecule has 0 unspecified atom stereocenters. The SMILES string of the molecule is CC.CC.CC.Cc1ccc(C(F)(F)Oc2ccc(OC(F)(F)c3ccc(C)cc3)cc2)cc1. The molecule has 0 aromatic heterocycles. The van der Waals surface area contributed by atoms with Gasteiger partial charge in [-0.1, -0.05) is 76.9 Å². The molecule has 6 heteroatoms. The molecule has 0 radical (unpaired) electrons. The van der Waals surface area contributed by atoms with Crippen LogP contribution in [0.1, 0.15) is 63.8 Å². The predicted octanol–water partition coefficient (Wildman–Crippen LogP) is 9.64. The summed E-state index contributed by atoms with van der Waals surface area (Å²) >= 11 is 0. The molecule has 0 fully saturated rings. The third-order valence-corrected chi connectivity index (χ3v) is 4.09. The minimum Gasteiger partial charge on any atom is -0.429 e. The first-order valence-corrected chi connectivity index (χ1v) is 11.5. The van der Waals surface area contributed by atoms with E-state index in [0.29, 0.717) is 0 Å². The van der Waals surface area contributed by atoms with Gasteiger partial charge in [0.25, 0.3) is 0 Å². The van der Waals surface area contributed by atoms with Crippen LogP contribution in [0.5, 0.6) is 11.5 Å². The van der Waals surface area contributed by atoms with Crippen LogP contribution < -0.4 is 9.47 Å². The second-order valence-electron chi connectivity index (χ2n) is 6.44. The number of ether oxygens (including phenoxy) is 2. The lowest BCUT2D eigenvalue weighted by Crippen LogP contribution is -2.22. The summed E-state index contributed by atoms with van der Waals surface area (Å²) in [6, 6.07) is 15.9. The molecule has 3 rings (SSSR count). The van der Waals surface area contributed by atoms with Crippen molar-refractivity contribution in [3.8, 4) is 11.5 Å². The van der Waals surface area contributed by atoms with Gasteiger partial charge in [-0.25, -0.2) is 0 Å². The van der Waals surface area contributed by atoms with Crippen molar-refractivity contribution in [3.63, 3.8) is 0 Å². The van der Waals surface area contributed by atoms with Gasteiger partial charge in [0.1, 0.15) is 11.5 Å². The Kier molecular flexibility index (Phi) is 13.7. The maximum atomic E-state index is 14.2. The molecule has 0 saturated heterocycles. The molecular weight excluding hydrogens is 444 g/mol. The highest BCUT2D eigenvalue weighted by Crippen LogP contribution is 2.35. The maximum Gasteiger partial charge on any atom is 0.426 e. The fourth-order valence-electron chi connectivity index (χ4n) is 2.48. The summed E-state index contributed by atoms with van der Waals surface area (Å²) < 4.78 is 66.4. The molecule has 0 aliphatic rings. The molecule has 0 atom stereocenters. The zero-order chi connectivity index (χ0) is 26.4. The Morgan fingerprint density at radius 2 is 0.676 bits per heavy atom. The molecule has 0 heterocycles. The van der Waals surface area contributed by atoms with E-state index >= 15 is 0 Å². The lowest BCUT2D eigenvalue weighted by atomic mass is 10.1. The molecule has 0 spiro atoms. The number of halogens is 4. The number of hydrogen-bond acceptors (Lipinski definition) is 2. The van der Waals surface area contributed by atoms with Crippen molar-refractivity contribution in [1.29, 1.82) is 0 Å². The fraction of sp³-hybridized carbons (Fsp3) is 0.357. The fourth-order valence-corrected chi connectivity index (χ4v) is 2.48. The monoisotopic (exact) mass is 480 g/mol. The smallest absolute Gasteiger partial charge is 0.426 e. The lowest BCUT2D eigenvalue weighted by molar-refractivity contribution is -0.188. The highest BCUT2D eigenvalue weighted by atomic mass is 19.3. The van der Waals surface area contributed by atoms with Gasteiger partial charge in [-0.15, -0.1) is 0 Å². The van der Waals surface area contributed by atoms with Crippen LogP contribution in [0, 0.1) is 13.8 Å². The van der Waals surface area contributed by atoms with Gasteiger partial charge in [0.05, 0.1) is 11.1 Å². The standard InChI is InChI=1S/C22H18F4O2.3C2H6/c1-15-3-7-17(8-4-15)21(23,24)27-19-11-13-20(14-12-19)28-22(25,26)18-9-5-16(2)6-10-18;3*1-2/h3-14H,1-2H3;3*1-2H3. The normalized spacial score (nSPS) is 10.4. The highest BCUT2D eigenvalue weighted by Gasteiger charge is 2.36. The third kappa shape index (κ3) is 9.46. The van der Waals surface area contributed by atoms with Gasteiger partial charge in [0, 0.05) is 0 Å². The molecule has 188 valence electrons. The number of hydrogen-bond donors (Lipinski definition) is 0. The Labute approximate surface area is 201 Å². The second-order valence-corrected chi connectivity index (χ2v) is 6.44. The first-order valence-electron chi connectivity index (χ1n) is 11.5. The van der Waals surface area contributed by atoms with Gasteiger partial charge in [-0.3, -0.25) is 0 Å². The largest absolute Gasteiger partial charge is 0.429 e. The van der Waals surface area contributed by atoms with Crippen LogP contribution in [0.15, 0.2) is 72.8 Å². The zero-order valence-corrected chi connectivity index (χ0v) is 21.3. The summed E-state index contributed by atoms with van der Waals surface area (Å²) in [4.78, 5) is 0. The van der Waals surface area contributed by atoms with Gasteiger partial charge in [-0.2, -0.15) is 17.6 Å². The van der Waals surface area contributed by atoms with Crippen molar-refractivity contribution in [3.05, 3.63) is 95.1 Å². The molecule has 3 aromatic rings. The predicted molar refractivity (Wildman–Crippen MR) is 132 cm³/mol. The average Bonchev–Trinajstić information content (AvgIpc) is 2.84. The molecule has 34 heavy (non-hydrogen) atoms. The molecule has 2 nitrogen and oxygen atoms in total. The molecule has 0 amide bonds. The van der Waals surface area contributed by atoms with Crippen LogP contribution in [0.2, 0.25) is 0 Å². The minimum atomic E-state index is -3.55. The van der Waals surface area contributed by atoms with Crippen LogP contribution >= 0.6 is 0 Å². The molecular formula is C28H36F4O2. The van der Waals surface area contributed by atoms with Gasteiger partial charge >= 0.3 is 12.2 Å². The maximum absolute atomic E-state index is 14.2. The Morgan fingerprint density at radius 1 is 0.441 bits per heavy atom. The summed E-state index contributed by atoms with van der Waals surface area (Å²) in [5.74, 6) is -0.340. The number of benzene rings is 3. The summed E-state index contributed by atoms with van der Waals surface area (Å²) in [7, 11) is 0. The highest BCUT2D eigenvalue weighted by molar-refractivity contribution is 5.34. The van der Waals surface area contributed by atoms with E-state index in [1.807, 2.05) is 41.5 Å². The molecule has 0 saturated carbocycles. The Balaban J connectivity index is 0.00000168. The topological polar surface area (TPSA) is 18.5 Å². The average molecular weight is 481 g/mol. The summed E-state index contributed by atoms with van der Waals surface area (Å²) in [5, 5.41) is 0. The van der Waals surface area contributed by atoms with Crippen molar-refractivity contribution >= 4 is 0 Å². The van der Waals surface area contributed by atoms with E-state index in [9.17, 15) is 17.6 Å². The molecule has 0 aliphatic heterocycles. The van der Waals surface area contributed by atoms with E-state index in [1.54, 1.807) is 38.1 Å². The van der Waals surface area contributed by atoms with Crippen molar-refractivity contribution in [2.75, 3.05) is 0 Å². The minimum absolute atomic E-state index is 0.170.